The normalized spacial score (nSPS) is 18.8. The van der Waals surface area contributed by atoms with Gasteiger partial charge in [-0.25, -0.2) is 0 Å². The van der Waals surface area contributed by atoms with Crippen molar-refractivity contribution < 1.29 is 4.74 Å². The first-order valence-electron chi connectivity index (χ1n) is 6.08. The highest BCUT2D eigenvalue weighted by Gasteiger charge is 2.14. The molecule has 18 heavy (non-hydrogen) atoms. The van der Waals surface area contributed by atoms with Crippen molar-refractivity contribution in [2.45, 2.75) is 12.8 Å². The molecule has 2 rings (SSSR count). The second-order valence-corrected chi connectivity index (χ2v) is 5.80. The lowest BCUT2D eigenvalue weighted by atomic mass is 10.1. The van der Waals surface area contributed by atoms with Crippen molar-refractivity contribution in [1.29, 1.82) is 0 Å². The van der Waals surface area contributed by atoms with Crippen molar-refractivity contribution in [3.05, 3.63) is 28.2 Å². The Morgan fingerprint density at radius 3 is 3.00 bits per heavy atom. The molecule has 1 unspecified atom stereocenters. The molecule has 1 atom stereocenters. The SMILES string of the molecule is NC(=S)c1ccc(NCCC2CCOC2)c(Br)c1. The topological polar surface area (TPSA) is 47.3 Å². The van der Waals surface area contributed by atoms with E-state index in [1.54, 1.807) is 0 Å². The molecule has 1 aromatic carbocycles. The molecule has 1 aromatic rings. The Bertz CT molecular complexity index is 433. The summed E-state index contributed by atoms with van der Waals surface area (Å²) in [5.41, 5.74) is 7.55. The first-order valence-corrected chi connectivity index (χ1v) is 7.28. The molecule has 1 saturated heterocycles. The third kappa shape index (κ3) is 3.67. The van der Waals surface area contributed by atoms with Crippen LogP contribution in [-0.4, -0.2) is 24.7 Å². The van der Waals surface area contributed by atoms with Crippen LogP contribution in [0.15, 0.2) is 22.7 Å². The van der Waals surface area contributed by atoms with E-state index in [1.165, 1.54) is 6.42 Å². The van der Waals surface area contributed by atoms with Gasteiger partial charge in [0.25, 0.3) is 0 Å². The summed E-state index contributed by atoms with van der Waals surface area (Å²) < 4.78 is 6.36. The molecule has 1 aliphatic rings. The fourth-order valence-electron chi connectivity index (χ4n) is 2.03. The maximum absolute atomic E-state index is 5.59. The van der Waals surface area contributed by atoms with Crippen LogP contribution in [-0.2, 0) is 4.74 Å². The monoisotopic (exact) mass is 328 g/mol. The molecule has 0 spiro atoms. The molecule has 3 nitrogen and oxygen atoms in total. The van der Waals surface area contributed by atoms with Crippen LogP contribution >= 0.6 is 28.1 Å². The molecule has 0 bridgehead atoms. The molecule has 3 N–H and O–H groups in total. The Morgan fingerprint density at radius 1 is 1.56 bits per heavy atom. The smallest absolute Gasteiger partial charge is 0.104 e. The first-order chi connectivity index (χ1) is 8.66. The van der Waals surface area contributed by atoms with Crippen molar-refractivity contribution in [1.82, 2.24) is 0 Å². The zero-order valence-electron chi connectivity index (χ0n) is 10.1. The van der Waals surface area contributed by atoms with Crippen molar-refractivity contribution in [3.8, 4) is 0 Å². The molecule has 98 valence electrons. The predicted octanol–water partition coefficient (Wildman–Crippen LogP) is 2.92. The molecule has 1 fully saturated rings. The maximum atomic E-state index is 5.59. The minimum absolute atomic E-state index is 0.422. The molecule has 0 radical (unpaired) electrons. The average Bonchev–Trinajstić information content (AvgIpc) is 2.84. The third-order valence-electron chi connectivity index (χ3n) is 3.15. The number of anilines is 1. The number of nitrogens with two attached hydrogens (primary N) is 1. The molecular weight excluding hydrogens is 312 g/mol. The number of hydrogen-bond donors (Lipinski definition) is 2. The second kappa shape index (κ2) is 6.50. The second-order valence-electron chi connectivity index (χ2n) is 4.50. The van der Waals surface area contributed by atoms with Crippen molar-refractivity contribution in [2.24, 2.45) is 11.7 Å². The van der Waals surface area contributed by atoms with Gasteiger partial charge in [-0.15, -0.1) is 0 Å². The van der Waals surface area contributed by atoms with Crippen molar-refractivity contribution in [2.75, 3.05) is 25.1 Å². The van der Waals surface area contributed by atoms with Gasteiger partial charge >= 0.3 is 0 Å². The molecular formula is C13H17BrN2OS. The lowest BCUT2D eigenvalue weighted by Crippen LogP contribution is -2.11. The summed E-state index contributed by atoms with van der Waals surface area (Å²) >= 11 is 8.47. The van der Waals surface area contributed by atoms with Crippen LogP contribution in [0.25, 0.3) is 0 Å². The lowest BCUT2D eigenvalue weighted by molar-refractivity contribution is 0.185. The Labute approximate surface area is 121 Å². The van der Waals surface area contributed by atoms with Gasteiger partial charge in [-0.1, -0.05) is 12.2 Å². The molecule has 5 heteroatoms. The predicted molar refractivity (Wildman–Crippen MR) is 82.1 cm³/mol. The van der Waals surface area contributed by atoms with E-state index in [9.17, 15) is 0 Å². The number of rotatable bonds is 5. The van der Waals surface area contributed by atoms with Crippen LogP contribution in [0.2, 0.25) is 0 Å². The number of nitrogens with one attached hydrogen (secondary N) is 1. The largest absolute Gasteiger partial charge is 0.389 e. The van der Waals surface area contributed by atoms with Crippen molar-refractivity contribution >= 4 is 38.8 Å². The minimum atomic E-state index is 0.422. The summed E-state index contributed by atoms with van der Waals surface area (Å²) in [7, 11) is 0. The Morgan fingerprint density at radius 2 is 2.39 bits per heavy atom. The van der Waals surface area contributed by atoms with Crippen molar-refractivity contribution in [3.63, 3.8) is 0 Å². The van der Waals surface area contributed by atoms with E-state index in [1.807, 2.05) is 18.2 Å². The Balaban J connectivity index is 1.87. The van der Waals surface area contributed by atoms with Gasteiger partial charge in [-0.2, -0.15) is 0 Å². The highest BCUT2D eigenvalue weighted by atomic mass is 79.9. The van der Waals surface area contributed by atoms with E-state index in [0.29, 0.717) is 10.9 Å². The number of thiocarbonyl (C=S) groups is 1. The van der Waals surface area contributed by atoms with Gasteiger partial charge in [0.2, 0.25) is 0 Å². The highest BCUT2D eigenvalue weighted by Crippen LogP contribution is 2.24. The Kier molecular flexibility index (Phi) is 4.97. The number of ether oxygens (including phenoxy) is 1. The maximum Gasteiger partial charge on any atom is 0.104 e. The fraction of sp³-hybridized carbons (Fsp3) is 0.462. The minimum Gasteiger partial charge on any atom is -0.389 e. The quantitative estimate of drug-likeness (QED) is 0.816. The summed E-state index contributed by atoms with van der Waals surface area (Å²) in [6.07, 6.45) is 2.33. The number of halogens is 1. The fourth-order valence-corrected chi connectivity index (χ4v) is 2.68. The lowest BCUT2D eigenvalue weighted by Gasteiger charge is -2.12. The summed E-state index contributed by atoms with van der Waals surface area (Å²) in [6.45, 7) is 2.78. The molecule has 0 amide bonds. The standard InChI is InChI=1S/C13H17BrN2OS/c14-11-7-10(13(15)18)1-2-12(11)16-5-3-9-4-6-17-8-9/h1-2,7,9,16H,3-6,8H2,(H2,15,18). The Hall–Kier alpha value is -0.650. The molecule has 0 aromatic heterocycles. The van der Waals surface area contributed by atoms with Gasteiger partial charge in [0.05, 0.1) is 0 Å². The van der Waals surface area contributed by atoms with Gasteiger partial charge in [0.1, 0.15) is 4.99 Å². The first kappa shape index (κ1) is 13.8. The van der Waals surface area contributed by atoms with E-state index < -0.39 is 0 Å². The summed E-state index contributed by atoms with van der Waals surface area (Å²) in [4.78, 5) is 0.422. The summed E-state index contributed by atoms with van der Waals surface area (Å²) in [5, 5.41) is 3.42. The highest BCUT2D eigenvalue weighted by molar-refractivity contribution is 9.10. The summed E-state index contributed by atoms with van der Waals surface area (Å²) in [5.74, 6) is 0.701. The van der Waals surface area contributed by atoms with Crippen LogP contribution in [0.1, 0.15) is 18.4 Å². The number of hydrogen-bond acceptors (Lipinski definition) is 3. The van der Waals surface area contributed by atoms with E-state index in [2.05, 4.69) is 21.2 Å². The van der Waals surface area contributed by atoms with Gasteiger partial charge in [-0.3, -0.25) is 0 Å². The van der Waals surface area contributed by atoms with Crippen LogP contribution < -0.4 is 11.1 Å². The zero-order valence-corrected chi connectivity index (χ0v) is 12.5. The number of benzene rings is 1. The van der Waals surface area contributed by atoms with Crippen LogP contribution in [0, 0.1) is 5.92 Å². The third-order valence-corrected chi connectivity index (χ3v) is 4.04. The van der Waals surface area contributed by atoms with Crippen LogP contribution in [0.3, 0.4) is 0 Å². The van der Waals surface area contributed by atoms with Gasteiger partial charge in [0, 0.05) is 35.5 Å². The van der Waals surface area contributed by atoms with Gasteiger partial charge in [-0.05, 0) is 52.9 Å². The van der Waals surface area contributed by atoms with Crippen LogP contribution in [0.4, 0.5) is 5.69 Å². The molecule has 0 saturated carbocycles. The van der Waals surface area contributed by atoms with Gasteiger partial charge in [0.15, 0.2) is 0 Å². The van der Waals surface area contributed by atoms with E-state index in [4.69, 9.17) is 22.7 Å². The average molecular weight is 329 g/mol. The van der Waals surface area contributed by atoms with Crippen LogP contribution in [0.5, 0.6) is 0 Å². The van der Waals surface area contributed by atoms with E-state index >= 15 is 0 Å². The molecule has 1 heterocycles. The molecule has 1 aliphatic heterocycles. The summed E-state index contributed by atoms with van der Waals surface area (Å²) in [6, 6.07) is 5.89. The van der Waals surface area contributed by atoms with E-state index in [-0.39, 0.29) is 0 Å². The van der Waals surface area contributed by atoms with Gasteiger partial charge < -0.3 is 15.8 Å². The zero-order chi connectivity index (χ0) is 13.0. The van der Waals surface area contributed by atoms with E-state index in [0.717, 1.165) is 41.9 Å². The molecule has 0 aliphatic carbocycles.